The normalized spacial score (nSPS) is 13.9. The van der Waals surface area contributed by atoms with E-state index in [4.69, 9.17) is 9.47 Å². The number of hydrogen-bond donors (Lipinski definition) is 1. The third-order valence-electron chi connectivity index (χ3n) is 3.04. The van der Waals surface area contributed by atoms with Gasteiger partial charge in [-0.1, -0.05) is 13.8 Å². The number of nitrogens with one attached hydrogen (secondary N) is 1. The Balaban J connectivity index is 2.43. The van der Waals surface area contributed by atoms with Crippen LogP contribution in [0.2, 0.25) is 0 Å². The summed E-state index contributed by atoms with van der Waals surface area (Å²) in [6, 6.07) is 8.20. The summed E-state index contributed by atoms with van der Waals surface area (Å²) >= 11 is 0. The van der Waals surface area contributed by atoms with Gasteiger partial charge in [0.05, 0.1) is 6.61 Å². The minimum Gasteiger partial charge on any atom is -0.494 e. The van der Waals surface area contributed by atoms with Gasteiger partial charge in [0.25, 0.3) is 0 Å². The summed E-state index contributed by atoms with van der Waals surface area (Å²) in [5.41, 5.74) is 0. The maximum absolute atomic E-state index is 5.91. The Morgan fingerprint density at radius 1 is 1.00 bits per heavy atom. The zero-order valence-corrected chi connectivity index (χ0v) is 12.6. The molecule has 1 rings (SSSR count). The van der Waals surface area contributed by atoms with Crippen LogP contribution in [-0.4, -0.2) is 25.3 Å². The van der Waals surface area contributed by atoms with E-state index in [0.29, 0.717) is 6.04 Å². The molecule has 0 radical (unpaired) electrons. The van der Waals surface area contributed by atoms with Crippen LogP contribution in [0.3, 0.4) is 0 Å². The fraction of sp³-hybridized carbons (Fsp3) is 0.625. The predicted molar refractivity (Wildman–Crippen MR) is 80.1 cm³/mol. The van der Waals surface area contributed by atoms with E-state index in [2.05, 4.69) is 33.0 Å². The average Bonchev–Trinajstić information content (AvgIpc) is 2.43. The lowest BCUT2D eigenvalue weighted by Gasteiger charge is -2.22. The van der Waals surface area contributed by atoms with Crippen LogP contribution in [-0.2, 0) is 0 Å². The van der Waals surface area contributed by atoms with Crippen molar-refractivity contribution in [3.05, 3.63) is 24.3 Å². The van der Waals surface area contributed by atoms with Crippen LogP contribution >= 0.6 is 0 Å². The van der Waals surface area contributed by atoms with Gasteiger partial charge in [0, 0.05) is 6.04 Å². The molecule has 3 nitrogen and oxygen atoms in total. The number of hydrogen-bond acceptors (Lipinski definition) is 3. The van der Waals surface area contributed by atoms with Gasteiger partial charge >= 0.3 is 0 Å². The van der Waals surface area contributed by atoms with Crippen molar-refractivity contribution in [2.24, 2.45) is 0 Å². The first-order chi connectivity index (χ1) is 9.17. The Hall–Kier alpha value is -1.22. The lowest BCUT2D eigenvalue weighted by atomic mass is 10.2. The molecule has 0 spiro atoms. The van der Waals surface area contributed by atoms with Gasteiger partial charge in [-0.25, -0.2) is 0 Å². The topological polar surface area (TPSA) is 30.5 Å². The zero-order valence-electron chi connectivity index (χ0n) is 12.6. The molecule has 0 saturated heterocycles. The highest BCUT2D eigenvalue weighted by Gasteiger charge is 2.12. The highest BCUT2D eigenvalue weighted by atomic mass is 16.5. The molecular weight excluding hydrogens is 238 g/mol. The molecule has 2 atom stereocenters. The van der Waals surface area contributed by atoms with Crippen molar-refractivity contribution < 1.29 is 9.47 Å². The molecule has 0 fully saturated rings. The molecule has 108 valence electrons. The third kappa shape index (κ3) is 5.97. The molecule has 0 bridgehead atoms. The summed E-state index contributed by atoms with van der Waals surface area (Å²) < 4.78 is 11.5. The molecule has 1 aromatic rings. The van der Waals surface area contributed by atoms with E-state index in [9.17, 15) is 0 Å². The molecule has 0 saturated carbocycles. The van der Waals surface area contributed by atoms with Crippen LogP contribution in [0.5, 0.6) is 11.5 Å². The summed E-state index contributed by atoms with van der Waals surface area (Å²) in [7, 11) is 0. The highest BCUT2D eigenvalue weighted by molar-refractivity contribution is 5.31. The van der Waals surface area contributed by atoms with Crippen molar-refractivity contribution in [1.29, 1.82) is 0 Å². The Labute approximate surface area is 117 Å². The first-order valence-corrected chi connectivity index (χ1v) is 7.30. The number of ether oxygens (including phenoxy) is 2. The van der Waals surface area contributed by atoms with Crippen molar-refractivity contribution in [3.63, 3.8) is 0 Å². The SMILES string of the molecule is CCCNC(C)C(C)Oc1ccc(OCCC)cc1. The second kappa shape index (κ2) is 8.81. The smallest absolute Gasteiger partial charge is 0.120 e. The van der Waals surface area contributed by atoms with Crippen LogP contribution in [0.15, 0.2) is 24.3 Å². The molecular formula is C16H27NO2. The van der Waals surface area contributed by atoms with E-state index in [-0.39, 0.29) is 6.10 Å². The Morgan fingerprint density at radius 3 is 2.21 bits per heavy atom. The molecule has 3 heteroatoms. The third-order valence-corrected chi connectivity index (χ3v) is 3.04. The van der Waals surface area contributed by atoms with Gasteiger partial charge in [-0.3, -0.25) is 0 Å². The summed E-state index contributed by atoms with van der Waals surface area (Å²) in [5.74, 6) is 1.79. The summed E-state index contributed by atoms with van der Waals surface area (Å²) in [6.07, 6.45) is 2.31. The molecule has 0 aromatic heterocycles. The van der Waals surface area contributed by atoms with E-state index in [1.54, 1.807) is 0 Å². The molecule has 1 aromatic carbocycles. The van der Waals surface area contributed by atoms with Crippen LogP contribution < -0.4 is 14.8 Å². The number of rotatable bonds is 9. The quantitative estimate of drug-likeness (QED) is 0.739. The minimum atomic E-state index is 0.147. The van der Waals surface area contributed by atoms with Gasteiger partial charge in [0.2, 0.25) is 0 Å². The largest absolute Gasteiger partial charge is 0.494 e. The first kappa shape index (κ1) is 15.8. The van der Waals surface area contributed by atoms with Gasteiger partial charge in [-0.05, 0) is 57.5 Å². The Bertz CT molecular complexity index is 337. The molecule has 0 aliphatic heterocycles. The summed E-state index contributed by atoms with van der Waals surface area (Å²) in [4.78, 5) is 0. The average molecular weight is 265 g/mol. The molecule has 1 N–H and O–H groups in total. The Morgan fingerprint density at radius 2 is 1.63 bits per heavy atom. The van der Waals surface area contributed by atoms with Gasteiger partial charge in [-0.2, -0.15) is 0 Å². The molecule has 19 heavy (non-hydrogen) atoms. The van der Waals surface area contributed by atoms with Crippen LogP contribution in [0.1, 0.15) is 40.5 Å². The molecule has 0 heterocycles. The van der Waals surface area contributed by atoms with E-state index in [1.807, 2.05) is 24.3 Å². The zero-order chi connectivity index (χ0) is 14.1. The molecule has 0 amide bonds. The van der Waals surface area contributed by atoms with Crippen molar-refractivity contribution in [1.82, 2.24) is 5.32 Å². The monoisotopic (exact) mass is 265 g/mol. The van der Waals surface area contributed by atoms with Gasteiger partial charge in [0.15, 0.2) is 0 Å². The number of benzene rings is 1. The highest BCUT2D eigenvalue weighted by Crippen LogP contribution is 2.19. The summed E-state index contributed by atoms with van der Waals surface area (Å²) in [5, 5.41) is 3.44. The fourth-order valence-corrected chi connectivity index (χ4v) is 1.69. The van der Waals surface area contributed by atoms with Crippen molar-refractivity contribution >= 4 is 0 Å². The molecule has 0 aliphatic carbocycles. The lowest BCUT2D eigenvalue weighted by Crippen LogP contribution is -2.39. The second-order valence-corrected chi connectivity index (χ2v) is 4.89. The van der Waals surface area contributed by atoms with Crippen LogP contribution in [0.4, 0.5) is 0 Å². The van der Waals surface area contributed by atoms with Crippen LogP contribution in [0, 0.1) is 0 Å². The predicted octanol–water partition coefficient (Wildman–Crippen LogP) is 3.63. The lowest BCUT2D eigenvalue weighted by molar-refractivity contribution is 0.178. The van der Waals surface area contributed by atoms with E-state index in [0.717, 1.165) is 37.5 Å². The fourth-order valence-electron chi connectivity index (χ4n) is 1.69. The maximum atomic E-state index is 5.91. The van der Waals surface area contributed by atoms with Crippen LogP contribution in [0.25, 0.3) is 0 Å². The molecule has 0 aliphatic rings. The van der Waals surface area contributed by atoms with Crippen molar-refractivity contribution in [2.75, 3.05) is 13.2 Å². The van der Waals surface area contributed by atoms with E-state index < -0.39 is 0 Å². The van der Waals surface area contributed by atoms with Gasteiger partial charge in [0.1, 0.15) is 17.6 Å². The van der Waals surface area contributed by atoms with Crippen molar-refractivity contribution in [2.45, 2.75) is 52.7 Å². The Kier molecular flexibility index (Phi) is 7.34. The minimum absolute atomic E-state index is 0.147. The second-order valence-electron chi connectivity index (χ2n) is 4.89. The van der Waals surface area contributed by atoms with Gasteiger partial charge in [-0.15, -0.1) is 0 Å². The van der Waals surface area contributed by atoms with E-state index in [1.165, 1.54) is 0 Å². The maximum Gasteiger partial charge on any atom is 0.120 e. The van der Waals surface area contributed by atoms with Gasteiger partial charge < -0.3 is 14.8 Å². The standard InChI is InChI=1S/C16H27NO2/c1-5-11-17-13(3)14(4)19-16-9-7-15(8-10-16)18-12-6-2/h7-10,13-14,17H,5-6,11-12H2,1-4H3. The summed E-state index contributed by atoms with van der Waals surface area (Å²) in [6.45, 7) is 10.3. The first-order valence-electron chi connectivity index (χ1n) is 7.30. The molecule has 2 unspecified atom stereocenters. The van der Waals surface area contributed by atoms with Crippen molar-refractivity contribution in [3.8, 4) is 11.5 Å². The van der Waals surface area contributed by atoms with E-state index >= 15 is 0 Å².